The first-order valence-corrected chi connectivity index (χ1v) is 18.9. The van der Waals surface area contributed by atoms with Crippen LogP contribution in [0.5, 0.6) is 0 Å². The molecule has 9 atom stereocenters. The van der Waals surface area contributed by atoms with Gasteiger partial charge in [-0.3, -0.25) is 4.79 Å². The SMILES string of the molecule is CO[C@H]1O[C@H](CO[C@H]2C[C@@H](NC(=O)OCc3ccccc3)[C@@H](OC(C)=O)[C@H](C)O2)[C@@H](OCc2ccccc2)[C@H](OCc2ccccc2)[C@H]1OCc1ccccc1. The molecule has 56 heavy (non-hydrogen) atoms. The topological polar surface area (TPSA) is 129 Å². The molecule has 0 aliphatic carbocycles. The summed E-state index contributed by atoms with van der Waals surface area (Å²) < 4.78 is 56.2. The number of ether oxygens (including phenoxy) is 9. The van der Waals surface area contributed by atoms with Gasteiger partial charge in [-0.2, -0.15) is 0 Å². The number of benzene rings is 4. The minimum absolute atomic E-state index is 0.0106. The molecule has 2 aliphatic rings. The zero-order valence-electron chi connectivity index (χ0n) is 32.0. The molecule has 12 heteroatoms. The van der Waals surface area contributed by atoms with E-state index in [1.807, 2.05) is 121 Å². The van der Waals surface area contributed by atoms with E-state index in [9.17, 15) is 9.59 Å². The predicted octanol–water partition coefficient (Wildman–Crippen LogP) is 6.49. The lowest BCUT2D eigenvalue weighted by atomic mass is 9.97. The van der Waals surface area contributed by atoms with Gasteiger partial charge in [-0.15, -0.1) is 0 Å². The maximum atomic E-state index is 13.0. The van der Waals surface area contributed by atoms with Crippen LogP contribution in [0.15, 0.2) is 121 Å². The molecule has 0 bridgehead atoms. The number of hydrogen-bond acceptors (Lipinski definition) is 11. The van der Waals surface area contributed by atoms with Gasteiger partial charge in [0, 0.05) is 20.5 Å². The van der Waals surface area contributed by atoms with Crippen molar-refractivity contribution in [3.63, 3.8) is 0 Å². The van der Waals surface area contributed by atoms with Crippen LogP contribution in [0.2, 0.25) is 0 Å². The molecule has 6 rings (SSSR count). The molecular formula is C44H51NO11. The third kappa shape index (κ3) is 11.9. The van der Waals surface area contributed by atoms with Crippen molar-refractivity contribution >= 4 is 12.1 Å². The summed E-state index contributed by atoms with van der Waals surface area (Å²) >= 11 is 0. The zero-order chi connectivity index (χ0) is 39.1. The summed E-state index contributed by atoms with van der Waals surface area (Å²) in [5.74, 6) is -0.500. The van der Waals surface area contributed by atoms with E-state index in [0.29, 0.717) is 13.2 Å². The third-order valence-corrected chi connectivity index (χ3v) is 9.62. The van der Waals surface area contributed by atoms with Crippen LogP contribution in [0.25, 0.3) is 0 Å². The Labute approximate surface area is 328 Å². The highest BCUT2D eigenvalue weighted by Crippen LogP contribution is 2.32. The van der Waals surface area contributed by atoms with Crippen LogP contribution in [0, 0.1) is 0 Å². The van der Waals surface area contributed by atoms with Crippen LogP contribution >= 0.6 is 0 Å². The van der Waals surface area contributed by atoms with Gasteiger partial charge in [0.1, 0.15) is 37.1 Å². The molecule has 1 N–H and O–H groups in total. The highest BCUT2D eigenvalue weighted by atomic mass is 16.7. The fourth-order valence-corrected chi connectivity index (χ4v) is 6.85. The van der Waals surface area contributed by atoms with Gasteiger partial charge in [-0.1, -0.05) is 121 Å². The number of esters is 1. The Balaban J connectivity index is 1.20. The van der Waals surface area contributed by atoms with Crippen LogP contribution in [0.1, 0.15) is 42.5 Å². The Hall–Kier alpha value is -4.66. The fourth-order valence-electron chi connectivity index (χ4n) is 6.85. The molecular weight excluding hydrogens is 718 g/mol. The van der Waals surface area contributed by atoms with E-state index in [2.05, 4.69) is 5.32 Å². The summed E-state index contributed by atoms with van der Waals surface area (Å²) in [5.41, 5.74) is 3.78. The highest BCUT2D eigenvalue weighted by Gasteiger charge is 2.49. The van der Waals surface area contributed by atoms with Crippen molar-refractivity contribution < 1.29 is 52.2 Å². The molecule has 2 saturated heterocycles. The van der Waals surface area contributed by atoms with Crippen LogP contribution < -0.4 is 5.32 Å². The predicted molar refractivity (Wildman–Crippen MR) is 205 cm³/mol. The van der Waals surface area contributed by atoms with Crippen molar-refractivity contribution in [1.29, 1.82) is 0 Å². The first-order chi connectivity index (χ1) is 27.4. The number of carbonyl (C=O) groups excluding carboxylic acids is 2. The molecule has 0 saturated carbocycles. The van der Waals surface area contributed by atoms with Crippen molar-refractivity contribution in [2.75, 3.05) is 13.7 Å². The van der Waals surface area contributed by atoms with E-state index >= 15 is 0 Å². The lowest BCUT2D eigenvalue weighted by Gasteiger charge is -2.46. The number of nitrogens with one attached hydrogen (secondary N) is 1. The van der Waals surface area contributed by atoms with Crippen molar-refractivity contribution in [3.8, 4) is 0 Å². The second kappa shape index (κ2) is 21.0. The standard InChI is InChI=1S/C44H51NO11/c1-30-39(55-31(2)46)36(45-44(47)53-28-35-22-14-7-15-23-35)24-38(54-30)49-29-37-40(50-25-32-16-8-4-9-17-32)41(51-26-33-18-10-5-11-19-33)42(43(48-3)56-37)52-27-34-20-12-6-13-21-34/h4-23,30,36-43H,24-29H2,1-3H3,(H,45,47)/t30-,36+,37+,38+,39-,40+,41-,42+,43-/m0/s1. The van der Waals surface area contributed by atoms with Gasteiger partial charge in [0.05, 0.1) is 38.6 Å². The summed E-state index contributed by atoms with van der Waals surface area (Å²) in [4.78, 5) is 25.1. The van der Waals surface area contributed by atoms with Gasteiger partial charge >= 0.3 is 12.1 Å². The van der Waals surface area contributed by atoms with E-state index in [1.54, 1.807) is 14.0 Å². The Morgan fingerprint density at radius 2 is 1.11 bits per heavy atom. The summed E-state index contributed by atoms with van der Waals surface area (Å²) in [7, 11) is 1.56. The second-order valence-electron chi connectivity index (χ2n) is 13.8. The minimum Gasteiger partial charge on any atom is -0.458 e. The van der Waals surface area contributed by atoms with Gasteiger partial charge in [-0.25, -0.2) is 4.79 Å². The molecule has 4 aromatic carbocycles. The quantitative estimate of drug-likeness (QED) is 0.118. The average Bonchev–Trinajstić information content (AvgIpc) is 3.22. The molecule has 0 aromatic heterocycles. The maximum absolute atomic E-state index is 13.0. The summed E-state index contributed by atoms with van der Waals surface area (Å²) in [6.45, 7) is 4.03. The molecule has 2 heterocycles. The fraction of sp³-hybridized carbons (Fsp3) is 0.409. The summed E-state index contributed by atoms with van der Waals surface area (Å²) in [5, 5.41) is 2.87. The number of alkyl carbamates (subject to hydrolysis) is 1. The Morgan fingerprint density at radius 3 is 1.61 bits per heavy atom. The van der Waals surface area contributed by atoms with E-state index < -0.39 is 67.3 Å². The van der Waals surface area contributed by atoms with E-state index in [4.69, 9.17) is 42.6 Å². The highest BCUT2D eigenvalue weighted by molar-refractivity contribution is 5.68. The number of methoxy groups -OCH3 is 1. The van der Waals surface area contributed by atoms with Gasteiger partial charge in [-0.05, 0) is 29.2 Å². The Bertz CT molecular complexity index is 1750. The van der Waals surface area contributed by atoms with Crippen molar-refractivity contribution in [2.24, 2.45) is 0 Å². The monoisotopic (exact) mass is 769 g/mol. The van der Waals surface area contributed by atoms with Gasteiger partial charge < -0.3 is 47.9 Å². The van der Waals surface area contributed by atoms with E-state index in [1.165, 1.54) is 6.92 Å². The van der Waals surface area contributed by atoms with Gasteiger partial charge in [0.25, 0.3) is 0 Å². The lowest BCUT2D eigenvalue weighted by molar-refractivity contribution is -0.330. The minimum atomic E-state index is -0.835. The summed E-state index contributed by atoms with van der Waals surface area (Å²) in [6.07, 6.45) is -6.25. The van der Waals surface area contributed by atoms with Crippen molar-refractivity contribution in [1.82, 2.24) is 5.32 Å². The van der Waals surface area contributed by atoms with Crippen LogP contribution in [-0.2, 0) is 73.9 Å². The first-order valence-electron chi connectivity index (χ1n) is 18.9. The third-order valence-electron chi connectivity index (χ3n) is 9.62. The lowest BCUT2D eigenvalue weighted by Crippen LogP contribution is -2.62. The molecule has 0 unspecified atom stereocenters. The van der Waals surface area contributed by atoms with Gasteiger partial charge in [0.2, 0.25) is 0 Å². The zero-order valence-corrected chi connectivity index (χ0v) is 32.0. The maximum Gasteiger partial charge on any atom is 0.407 e. The molecule has 2 aliphatic heterocycles. The number of carbonyl (C=O) groups is 2. The number of rotatable bonds is 17. The Morgan fingerprint density at radius 1 is 0.625 bits per heavy atom. The normalized spacial score (nSPS) is 26.2. The molecule has 1 amide bonds. The molecule has 4 aromatic rings. The molecule has 0 spiro atoms. The van der Waals surface area contributed by atoms with Crippen LogP contribution in [0.3, 0.4) is 0 Å². The molecule has 12 nitrogen and oxygen atoms in total. The van der Waals surface area contributed by atoms with E-state index in [-0.39, 0.29) is 26.2 Å². The number of amides is 1. The van der Waals surface area contributed by atoms with Crippen molar-refractivity contribution in [2.45, 2.75) is 102 Å². The van der Waals surface area contributed by atoms with E-state index in [0.717, 1.165) is 22.3 Å². The summed E-state index contributed by atoms with van der Waals surface area (Å²) in [6, 6.07) is 38.3. The van der Waals surface area contributed by atoms with Crippen molar-refractivity contribution in [3.05, 3.63) is 144 Å². The van der Waals surface area contributed by atoms with Gasteiger partial charge in [0.15, 0.2) is 12.6 Å². The molecule has 298 valence electrons. The van der Waals surface area contributed by atoms with Crippen LogP contribution in [0.4, 0.5) is 4.79 Å². The molecule has 2 fully saturated rings. The first kappa shape index (κ1) is 41.0. The second-order valence-corrected chi connectivity index (χ2v) is 13.8. The smallest absolute Gasteiger partial charge is 0.407 e. The number of hydrogen-bond donors (Lipinski definition) is 1. The average molecular weight is 770 g/mol. The molecule has 0 radical (unpaired) electrons. The Kier molecular flexibility index (Phi) is 15.4. The van der Waals surface area contributed by atoms with Crippen LogP contribution in [-0.4, -0.2) is 81.0 Å². The largest absolute Gasteiger partial charge is 0.458 e.